The van der Waals surface area contributed by atoms with Gasteiger partial charge in [-0.1, -0.05) is 12.8 Å². The third-order valence-electron chi connectivity index (χ3n) is 5.66. The number of β-amino-alcohol motifs (C(OH)–C–C–N with tert-alkyl or cyclic N) is 1. The first-order chi connectivity index (χ1) is 12.0. The molecule has 0 radical (unpaired) electrons. The highest BCUT2D eigenvalue weighted by Crippen LogP contribution is 2.37. The molecule has 2 heterocycles. The minimum atomic E-state index is -0.344. The lowest BCUT2D eigenvalue weighted by Crippen LogP contribution is -2.42. The molecule has 6 heteroatoms. The zero-order chi connectivity index (χ0) is 18.0. The molecule has 0 spiro atoms. The number of amides is 1. The monoisotopic (exact) mass is 344 g/mol. The van der Waals surface area contributed by atoms with Crippen molar-refractivity contribution in [2.75, 3.05) is 25.0 Å². The van der Waals surface area contributed by atoms with E-state index in [9.17, 15) is 15.2 Å². The van der Waals surface area contributed by atoms with Gasteiger partial charge in [0, 0.05) is 18.3 Å². The fourth-order valence-electron chi connectivity index (χ4n) is 4.26. The number of aromatic nitrogens is 1. The van der Waals surface area contributed by atoms with Gasteiger partial charge in [-0.25, -0.2) is 0 Å². The van der Waals surface area contributed by atoms with Gasteiger partial charge in [0.05, 0.1) is 18.2 Å². The average molecular weight is 344 g/mol. The van der Waals surface area contributed by atoms with E-state index in [4.69, 9.17) is 0 Å². The zero-order valence-electron chi connectivity index (χ0n) is 15.2. The van der Waals surface area contributed by atoms with Crippen molar-refractivity contribution in [2.45, 2.75) is 64.5 Å². The van der Waals surface area contributed by atoms with Crippen LogP contribution in [0.25, 0.3) is 0 Å². The standard InChI is InChI=1S/C19H28N4O2/c1-13-14(2)23(15-6-3-4-7-15)19(17(13)10-20)21-18(25)12-22-9-5-8-16(24)11-22/h15-16,24H,3-9,11-12H2,1-2H3,(H,21,25). The number of carbonyl (C=O) groups excluding carboxylic acids is 1. The summed E-state index contributed by atoms with van der Waals surface area (Å²) in [6.45, 7) is 5.62. The second-order valence-electron chi connectivity index (χ2n) is 7.43. The topological polar surface area (TPSA) is 81.3 Å². The Morgan fingerprint density at radius 2 is 2.00 bits per heavy atom. The van der Waals surface area contributed by atoms with Crippen LogP contribution in [0.3, 0.4) is 0 Å². The molecular formula is C19H28N4O2. The number of aliphatic hydroxyl groups excluding tert-OH is 1. The molecule has 1 saturated heterocycles. The molecule has 1 atom stereocenters. The Balaban J connectivity index is 1.79. The first kappa shape index (κ1) is 18.0. The summed E-state index contributed by atoms with van der Waals surface area (Å²) in [6.07, 6.45) is 5.96. The van der Waals surface area contributed by atoms with Crippen molar-refractivity contribution in [2.24, 2.45) is 0 Å². The summed E-state index contributed by atoms with van der Waals surface area (Å²) < 4.78 is 2.17. The zero-order valence-corrected chi connectivity index (χ0v) is 15.2. The highest BCUT2D eigenvalue weighted by Gasteiger charge is 2.27. The first-order valence-corrected chi connectivity index (χ1v) is 9.33. The lowest BCUT2D eigenvalue weighted by atomic mass is 10.1. The van der Waals surface area contributed by atoms with E-state index in [1.807, 2.05) is 18.7 Å². The Bertz CT molecular complexity index is 683. The van der Waals surface area contributed by atoms with Crippen LogP contribution < -0.4 is 5.32 Å². The third kappa shape index (κ3) is 3.73. The largest absolute Gasteiger partial charge is 0.392 e. The minimum Gasteiger partial charge on any atom is -0.392 e. The Hall–Kier alpha value is -1.84. The molecule has 1 aromatic rings. The summed E-state index contributed by atoms with van der Waals surface area (Å²) in [6, 6.07) is 2.64. The molecule has 1 aromatic heterocycles. The van der Waals surface area contributed by atoms with Crippen molar-refractivity contribution in [1.82, 2.24) is 9.47 Å². The maximum Gasteiger partial charge on any atom is 0.239 e. The number of likely N-dealkylation sites (tertiary alicyclic amines) is 1. The van der Waals surface area contributed by atoms with Crippen LogP contribution in [0.5, 0.6) is 0 Å². The van der Waals surface area contributed by atoms with Crippen molar-refractivity contribution in [3.05, 3.63) is 16.8 Å². The second-order valence-corrected chi connectivity index (χ2v) is 7.43. The molecule has 1 aliphatic heterocycles. The molecule has 1 aliphatic carbocycles. The molecule has 25 heavy (non-hydrogen) atoms. The average Bonchev–Trinajstić information content (AvgIpc) is 3.15. The van der Waals surface area contributed by atoms with Crippen LogP contribution >= 0.6 is 0 Å². The number of rotatable bonds is 4. The predicted molar refractivity (Wildman–Crippen MR) is 96.4 cm³/mol. The molecule has 1 amide bonds. The first-order valence-electron chi connectivity index (χ1n) is 9.33. The Morgan fingerprint density at radius 1 is 1.28 bits per heavy atom. The highest BCUT2D eigenvalue weighted by atomic mass is 16.3. The summed E-state index contributed by atoms with van der Waals surface area (Å²) >= 11 is 0. The maximum atomic E-state index is 12.6. The van der Waals surface area contributed by atoms with Gasteiger partial charge in [0.25, 0.3) is 0 Å². The molecule has 3 rings (SSSR count). The van der Waals surface area contributed by atoms with Gasteiger partial charge < -0.3 is 15.0 Å². The number of nitriles is 1. The van der Waals surface area contributed by atoms with Crippen molar-refractivity contribution in [3.8, 4) is 6.07 Å². The second kappa shape index (κ2) is 7.59. The molecule has 1 saturated carbocycles. The number of anilines is 1. The highest BCUT2D eigenvalue weighted by molar-refractivity contribution is 5.93. The van der Waals surface area contributed by atoms with E-state index in [1.165, 1.54) is 12.8 Å². The smallest absolute Gasteiger partial charge is 0.239 e. The van der Waals surface area contributed by atoms with Crippen molar-refractivity contribution >= 4 is 11.7 Å². The van der Waals surface area contributed by atoms with E-state index in [1.54, 1.807) is 0 Å². The number of hydrogen-bond acceptors (Lipinski definition) is 4. The summed E-state index contributed by atoms with van der Waals surface area (Å²) in [5.41, 5.74) is 2.61. The fourth-order valence-corrected chi connectivity index (χ4v) is 4.26. The van der Waals surface area contributed by atoms with Gasteiger partial charge in [-0.15, -0.1) is 0 Å². The van der Waals surface area contributed by atoms with Crippen molar-refractivity contribution in [1.29, 1.82) is 5.26 Å². The van der Waals surface area contributed by atoms with Gasteiger partial charge in [0.1, 0.15) is 11.9 Å². The Morgan fingerprint density at radius 3 is 2.64 bits per heavy atom. The van der Waals surface area contributed by atoms with E-state index in [0.29, 0.717) is 24.0 Å². The van der Waals surface area contributed by atoms with Gasteiger partial charge in [-0.3, -0.25) is 9.69 Å². The number of aliphatic hydroxyl groups is 1. The summed E-state index contributed by atoms with van der Waals surface area (Å²) in [7, 11) is 0. The van der Waals surface area contributed by atoms with Gasteiger partial charge >= 0.3 is 0 Å². The van der Waals surface area contributed by atoms with E-state index in [0.717, 1.165) is 43.5 Å². The lowest BCUT2D eigenvalue weighted by Gasteiger charge is -2.29. The lowest BCUT2D eigenvalue weighted by molar-refractivity contribution is -0.118. The molecule has 0 aromatic carbocycles. The van der Waals surface area contributed by atoms with Crippen LogP contribution in [0.15, 0.2) is 0 Å². The number of hydrogen-bond donors (Lipinski definition) is 2. The van der Waals surface area contributed by atoms with Gasteiger partial charge in [0.15, 0.2) is 0 Å². The van der Waals surface area contributed by atoms with E-state index < -0.39 is 0 Å². The predicted octanol–water partition coefficient (Wildman–Crippen LogP) is 2.49. The van der Waals surface area contributed by atoms with Gasteiger partial charge in [0.2, 0.25) is 5.91 Å². The third-order valence-corrected chi connectivity index (χ3v) is 5.66. The van der Waals surface area contributed by atoms with Crippen molar-refractivity contribution < 1.29 is 9.90 Å². The summed E-state index contributed by atoms with van der Waals surface area (Å²) in [5.74, 6) is 0.550. The Kier molecular flexibility index (Phi) is 5.45. The van der Waals surface area contributed by atoms with E-state index in [-0.39, 0.29) is 18.6 Å². The summed E-state index contributed by atoms with van der Waals surface area (Å²) in [5, 5.41) is 22.4. The van der Waals surface area contributed by atoms with Crippen LogP contribution in [0.1, 0.15) is 61.4 Å². The molecule has 2 N–H and O–H groups in total. The number of carbonyl (C=O) groups is 1. The molecule has 2 fully saturated rings. The molecule has 0 bridgehead atoms. The number of nitrogens with zero attached hydrogens (tertiary/aromatic N) is 3. The molecule has 2 aliphatic rings. The minimum absolute atomic E-state index is 0.109. The normalized spacial score (nSPS) is 22.1. The summed E-state index contributed by atoms with van der Waals surface area (Å²) in [4.78, 5) is 14.6. The van der Waals surface area contributed by atoms with E-state index >= 15 is 0 Å². The van der Waals surface area contributed by atoms with Crippen LogP contribution in [0.4, 0.5) is 5.82 Å². The molecular weight excluding hydrogens is 316 g/mol. The molecule has 1 unspecified atom stereocenters. The van der Waals surface area contributed by atoms with Gasteiger partial charge in [-0.2, -0.15) is 5.26 Å². The van der Waals surface area contributed by atoms with Gasteiger partial charge in [-0.05, 0) is 51.6 Å². The molecule has 6 nitrogen and oxygen atoms in total. The SMILES string of the molecule is Cc1c(C#N)c(NC(=O)CN2CCCC(O)C2)n(C2CCCC2)c1C. The van der Waals surface area contributed by atoms with Crippen LogP contribution in [-0.4, -0.2) is 46.2 Å². The van der Waals surface area contributed by atoms with Crippen molar-refractivity contribution in [3.63, 3.8) is 0 Å². The quantitative estimate of drug-likeness (QED) is 0.879. The van der Waals surface area contributed by atoms with Crippen LogP contribution in [0.2, 0.25) is 0 Å². The van der Waals surface area contributed by atoms with Crippen LogP contribution in [-0.2, 0) is 4.79 Å². The number of nitrogens with one attached hydrogen (secondary N) is 1. The molecule has 136 valence electrons. The maximum absolute atomic E-state index is 12.6. The number of piperidine rings is 1. The fraction of sp³-hybridized carbons (Fsp3) is 0.684. The Labute approximate surface area is 149 Å². The van der Waals surface area contributed by atoms with Crippen LogP contribution in [0, 0.1) is 25.2 Å². The van der Waals surface area contributed by atoms with E-state index in [2.05, 4.69) is 16.0 Å².